The van der Waals surface area contributed by atoms with E-state index in [1.54, 1.807) is 53.9 Å². The normalized spacial score (nSPS) is 14.9. The zero-order valence-corrected chi connectivity index (χ0v) is 26.9. The third-order valence-electron chi connectivity index (χ3n) is 6.48. The Kier molecular flexibility index (Phi) is 8.80. The van der Waals surface area contributed by atoms with E-state index in [1.165, 1.54) is 23.1 Å². The molecule has 0 saturated carbocycles. The molecule has 12 heteroatoms. The molecule has 2 aromatic carbocycles. The smallest absolute Gasteiger partial charge is 0.338 e. The molecule has 1 aliphatic heterocycles. The number of thioether (sulfide) groups is 1. The molecule has 1 atom stereocenters. The number of benzene rings is 2. The van der Waals surface area contributed by atoms with Crippen LogP contribution in [0.4, 0.5) is 0 Å². The van der Waals surface area contributed by atoms with Gasteiger partial charge in [0.15, 0.2) is 15.1 Å². The van der Waals surface area contributed by atoms with Crippen molar-refractivity contribution >= 4 is 68.5 Å². The number of rotatable bonds is 8. The molecule has 5 aromatic rings. The largest absolute Gasteiger partial charge is 0.463 e. The number of carbonyl (C=O) groups excluding carboxylic acids is 1. The zero-order chi connectivity index (χ0) is 29.9. The molecule has 6 rings (SSSR count). The average Bonchev–Trinajstić information content (AvgIpc) is 3.54. The topological polar surface area (TPSA) is 99.6 Å². The Morgan fingerprint density at radius 2 is 1.86 bits per heavy atom. The lowest BCUT2D eigenvalue weighted by Gasteiger charge is -2.26. The van der Waals surface area contributed by atoms with Crippen molar-refractivity contribution in [1.29, 1.82) is 0 Å². The summed E-state index contributed by atoms with van der Waals surface area (Å²) < 4.78 is 14.3. The lowest BCUT2D eigenvalue weighted by molar-refractivity contribution is -0.138. The van der Waals surface area contributed by atoms with Gasteiger partial charge in [0.2, 0.25) is 0 Å². The summed E-state index contributed by atoms with van der Waals surface area (Å²) in [6.45, 7) is 1.95. The lowest BCUT2D eigenvalue weighted by Crippen LogP contribution is -2.40. The Balaban J connectivity index is 1.53. The van der Waals surface area contributed by atoms with E-state index >= 15 is 0 Å². The van der Waals surface area contributed by atoms with Crippen LogP contribution in [0, 0.1) is 0 Å². The number of aromatic nitrogens is 3. The van der Waals surface area contributed by atoms with Crippen LogP contribution < -0.4 is 14.9 Å². The van der Waals surface area contributed by atoms with Gasteiger partial charge in [0.05, 0.1) is 32.9 Å². The second-order valence-corrected chi connectivity index (χ2v) is 12.8. The standard InChI is InChI=1S/C31H23BrN4O4S3/c1-3-39-28(38)24-25(18-8-5-4-6-9-18)35-31-36(26(24)19-10-12-21(41-2)13-11-19)27(37)23(42-31)17-20-16-22(32)29(40-20)43-30-33-14-7-15-34-30/h4-17,26H,3H2,1-2H3/b23-17+/t26-/m0/s1. The number of hydrogen-bond acceptors (Lipinski definition) is 10. The molecule has 0 unspecified atom stereocenters. The maximum atomic E-state index is 14.1. The van der Waals surface area contributed by atoms with Gasteiger partial charge in [0.1, 0.15) is 5.76 Å². The summed E-state index contributed by atoms with van der Waals surface area (Å²) in [5.41, 5.74) is 2.04. The number of carbonyl (C=O) groups is 1. The monoisotopic (exact) mass is 690 g/mol. The SMILES string of the molecule is CCOC(=O)C1=C(c2ccccc2)N=c2s/c(=C/c3cc(Br)c(Sc4ncccn4)o3)c(=O)n2[C@H]1c1ccc(SC)cc1. The highest BCUT2D eigenvalue weighted by atomic mass is 79.9. The highest BCUT2D eigenvalue weighted by molar-refractivity contribution is 9.10. The molecule has 8 nitrogen and oxygen atoms in total. The van der Waals surface area contributed by atoms with Gasteiger partial charge in [0, 0.05) is 28.9 Å². The van der Waals surface area contributed by atoms with Crippen LogP contribution in [0.3, 0.4) is 0 Å². The molecular weight excluding hydrogens is 668 g/mol. The van der Waals surface area contributed by atoms with Crippen molar-refractivity contribution in [3.8, 4) is 0 Å². The van der Waals surface area contributed by atoms with E-state index in [0.29, 0.717) is 41.1 Å². The minimum atomic E-state index is -0.742. The van der Waals surface area contributed by atoms with Gasteiger partial charge in [-0.1, -0.05) is 53.8 Å². The molecule has 0 aliphatic carbocycles. The van der Waals surface area contributed by atoms with Crippen LogP contribution in [-0.2, 0) is 9.53 Å². The first-order valence-corrected chi connectivity index (χ1v) is 16.8. The van der Waals surface area contributed by atoms with Crippen molar-refractivity contribution in [3.05, 3.63) is 126 Å². The van der Waals surface area contributed by atoms with Crippen LogP contribution in [-0.4, -0.2) is 33.4 Å². The first-order chi connectivity index (χ1) is 21.0. The fraction of sp³-hybridized carbons (Fsp3) is 0.129. The van der Waals surface area contributed by atoms with Gasteiger partial charge in [-0.05, 0) is 70.7 Å². The number of esters is 1. The van der Waals surface area contributed by atoms with Crippen LogP contribution in [0.1, 0.15) is 29.9 Å². The van der Waals surface area contributed by atoms with Crippen LogP contribution in [0.2, 0.25) is 0 Å². The van der Waals surface area contributed by atoms with Crippen LogP contribution >= 0.6 is 50.8 Å². The highest BCUT2D eigenvalue weighted by Crippen LogP contribution is 2.36. The van der Waals surface area contributed by atoms with Crippen LogP contribution in [0.25, 0.3) is 11.8 Å². The zero-order valence-electron chi connectivity index (χ0n) is 22.9. The van der Waals surface area contributed by atoms with Crippen LogP contribution in [0.5, 0.6) is 0 Å². The maximum absolute atomic E-state index is 14.1. The van der Waals surface area contributed by atoms with E-state index in [0.717, 1.165) is 16.0 Å². The third-order valence-corrected chi connectivity index (χ3v) is 9.94. The third kappa shape index (κ3) is 6.05. The predicted octanol–water partition coefficient (Wildman–Crippen LogP) is 5.95. The number of furan rings is 1. The number of halogens is 1. The Hall–Kier alpha value is -3.71. The van der Waals surface area contributed by atoms with E-state index in [1.807, 2.05) is 60.9 Å². The molecule has 0 saturated heterocycles. The first-order valence-electron chi connectivity index (χ1n) is 13.1. The highest BCUT2D eigenvalue weighted by Gasteiger charge is 2.35. The Labute approximate surface area is 267 Å². The van der Waals surface area contributed by atoms with Gasteiger partial charge < -0.3 is 9.15 Å². The summed E-state index contributed by atoms with van der Waals surface area (Å²) in [6.07, 6.45) is 7.01. The number of ether oxygens (including phenoxy) is 1. The van der Waals surface area contributed by atoms with Crippen molar-refractivity contribution < 1.29 is 13.9 Å². The fourth-order valence-corrected chi connectivity index (χ4v) is 7.23. The molecule has 43 heavy (non-hydrogen) atoms. The number of hydrogen-bond donors (Lipinski definition) is 0. The van der Waals surface area contributed by atoms with Crippen molar-refractivity contribution in [2.24, 2.45) is 4.99 Å². The average molecular weight is 692 g/mol. The van der Waals surface area contributed by atoms with Gasteiger partial charge in [0.25, 0.3) is 5.56 Å². The molecule has 3 aromatic heterocycles. The second-order valence-electron chi connectivity index (χ2n) is 9.12. The molecule has 0 N–H and O–H groups in total. The molecular formula is C31H23BrN4O4S3. The molecule has 0 bridgehead atoms. The minimum absolute atomic E-state index is 0.189. The molecule has 216 valence electrons. The number of thiazole rings is 1. The number of fused-ring (bicyclic) bond motifs is 1. The van der Waals surface area contributed by atoms with Gasteiger partial charge in [-0.15, -0.1) is 11.8 Å². The Morgan fingerprint density at radius 1 is 1.12 bits per heavy atom. The molecule has 4 heterocycles. The fourth-order valence-electron chi connectivity index (χ4n) is 4.60. The molecule has 1 aliphatic rings. The van der Waals surface area contributed by atoms with E-state index in [2.05, 4.69) is 25.9 Å². The molecule has 0 fully saturated rings. The summed E-state index contributed by atoms with van der Waals surface area (Å²) in [5.74, 6) is -0.0394. The Bertz CT molecular complexity index is 2000. The van der Waals surface area contributed by atoms with Gasteiger partial charge >= 0.3 is 5.97 Å². The van der Waals surface area contributed by atoms with Crippen molar-refractivity contribution in [3.63, 3.8) is 0 Å². The van der Waals surface area contributed by atoms with Crippen LogP contribution in [0.15, 0.2) is 119 Å². The van der Waals surface area contributed by atoms with Gasteiger partial charge in [-0.25, -0.2) is 19.8 Å². The molecule has 0 radical (unpaired) electrons. The van der Waals surface area contributed by atoms with Crippen molar-refractivity contribution in [2.45, 2.75) is 28.1 Å². The predicted molar refractivity (Wildman–Crippen MR) is 172 cm³/mol. The molecule has 0 spiro atoms. The number of nitrogens with zero attached hydrogens (tertiary/aromatic N) is 4. The summed E-state index contributed by atoms with van der Waals surface area (Å²) in [7, 11) is 0. The second kappa shape index (κ2) is 12.9. The lowest BCUT2D eigenvalue weighted by atomic mass is 9.93. The van der Waals surface area contributed by atoms with E-state index < -0.39 is 12.0 Å². The molecule has 0 amide bonds. The van der Waals surface area contributed by atoms with Gasteiger partial charge in [-0.2, -0.15) is 0 Å². The summed E-state index contributed by atoms with van der Waals surface area (Å²) in [6, 6.07) is 20.1. The van der Waals surface area contributed by atoms with Crippen molar-refractivity contribution in [1.82, 2.24) is 14.5 Å². The summed E-state index contributed by atoms with van der Waals surface area (Å²) >= 11 is 7.66. The summed E-state index contributed by atoms with van der Waals surface area (Å²) in [5, 5.41) is 1.10. The van der Waals surface area contributed by atoms with Gasteiger partial charge in [-0.3, -0.25) is 9.36 Å². The summed E-state index contributed by atoms with van der Waals surface area (Å²) in [4.78, 5) is 42.6. The quantitative estimate of drug-likeness (QED) is 0.112. The Morgan fingerprint density at radius 3 is 2.56 bits per heavy atom. The van der Waals surface area contributed by atoms with Crippen molar-refractivity contribution in [2.75, 3.05) is 12.9 Å². The maximum Gasteiger partial charge on any atom is 0.338 e. The van der Waals surface area contributed by atoms with E-state index in [9.17, 15) is 9.59 Å². The first kappa shape index (κ1) is 29.4. The minimum Gasteiger partial charge on any atom is -0.463 e. The van der Waals surface area contributed by atoms with E-state index in [-0.39, 0.29) is 12.2 Å². The van der Waals surface area contributed by atoms with E-state index in [4.69, 9.17) is 14.1 Å².